The van der Waals surface area contributed by atoms with Crippen molar-refractivity contribution in [2.24, 2.45) is 5.92 Å². The Labute approximate surface area is 223 Å². The summed E-state index contributed by atoms with van der Waals surface area (Å²) in [4.78, 5) is 35.1. The van der Waals surface area contributed by atoms with E-state index in [2.05, 4.69) is 4.90 Å². The highest BCUT2D eigenvalue weighted by atomic mass is 35.5. The minimum absolute atomic E-state index is 0.127. The highest BCUT2D eigenvalue weighted by molar-refractivity contribution is 6.34. The maximum atomic E-state index is 12.9. The van der Waals surface area contributed by atoms with E-state index >= 15 is 0 Å². The van der Waals surface area contributed by atoms with Crippen molar-refractivity contribution in [2.75, 3.05) is 6.54 Å². The molecule has 1 aliphatic carbocycles. The summed E-state index contributed by atoms with van der Waals surface area (Å²) in [6, 6.07) is 8.87. The number of carbonyl (C=O) groups is 2. The van der Waals surface area contributed by atoms with Crippen molar-refractivity contribution in [1.82, 2.24) is 9.47 Å². The summed E-state index contributed by atoms with van der Waals surface area (Å²) in [5, 5.41) is 9.72. The van der Waals surface area contributed by atoms with Crippen LogP contribution in [0.15, 0.2) is 35.1 Å². The van der Waals surface area contributed by atoms with Gasteiger partial charge in [0.1, 0.15) is 5.02 Å². The van der Waals surface area contributed by atoms with Crippen LogP contribution in [-0.4, -0.2) is 45.6 Å². The average molecular weight is 561 g/mol. The molecule has 0 bridgehead atoms. The molecule has 11 heteroatoms. The van der Waals surface area contributed by atoms with Crippen LogP contribution in [0.25, 0.3) is 0 Å². The van der Waals surface area contributed by atoms with E-state index in [1.54, 1.807) is 34.9 Å². The van der Waals surface area contributed by atoms with Gasteiger partial charge in [-0.1, -0.05) is 54.6 Å². The summed E-state index contributed by atoms with van der Waals surface area (Å²) in [7, 11) is 0. The zero-order chi connectivity index (χ0) is 27.2. The summed E-state index contributed by atoms with van der Waals surface area (Å²) in [5.74, 6) is -0.101. The van der Waals surface area contributed by atoms with E-state index in [4.69, 9.17) is 33.1 Å². The van der Waals surface area contributed by atoms with E-state index in [0.717, 1.165) is 23.7 Å². The number of rotatable bonds is 8. The average Bonchev–Trinajstić information content (AvgIpc) is 3.26. The molecule has 202 valence electrons. The molecule has 0 unspecified atom stereocenters. The number of aldehydes is 1. The highest BCUT2D eigenvalue weighted by Crippen LogP contribution is 2.35. The molecule has 2 fully saturated rings. The van der Waals surface area contributed by atoms with Crippen LogP contribution < -0.4 is 5.56 Å². The van der Waals surface area contributed by atoms with Gasteiger partial charge in [-0.3, -0.25) is 14.5 Å². The van der Waals surface area contributed by atoms with Crippen molar-refractivity contribution < 1.29 is 27.9 Å². The van der Waals surface area contributed by atoms with E-state index in [1.165, 1.54) is 38.5 Å². The molecule has 1 aromatic carbocycles. The van der Waals surface area contributed by atoms with Crippen molar-refractivity contribution in [1.29, 1.82) is 0 Å². The number of pyridine rings is 1. The fraction of sp³-hybridized carbons (Fsp3) is 0.500. The molecule has 4 rings (SSSR count). The first-order chi connectivity index (χ1) is 17.5. The molecule has 0 amide bonds. The quantitative estimate of drug-likeness (QED) is 0.400. The van der Waals surface area contributed by atoms with Crippen molar-refractivity contribution in [3.63, 3.8) is 0 Å². The highest BCUT2D eigenvalue weighted by Gasteiger charge is 2.30. The number of nitrogens with zero attached hydrogens (tertiary/aromatic N) is 2. The number of benzene rings is 1. The third-order valence-electron chi connectivity index (χ3n) is 6.95. The SMILES string of the molecule is O=C(O)c1ccc(CCn2c(CN3CCC[C@@H]3CC3CCC3)c(Cl)cc(Cl)c2=O)cc1.O=CC(F)(F)F. The number of likely N-dealkylation sites (tertiary alicyclic amines) is 1. The molecule has 2 aliphatic rings. The van der Waals surface area contributed by atoms with Gasteiger partial charge in [-0.2, -0.15) is 13.2 Å². The lowest BCUT2D eigenvalue weighted by Crippen LogP contribution is -2.35. The molecule has 1 aliphatic heterocycles. The number of aromatic nitrogens is 1. The lowest BCUT2D eigenvalue weighted by atomic mass is 9.80. The van der Waals surface area contributed by atoms with Gasteiger partial charge >= 0.3 is 12.1 Å². The zero-order valence-electron chi connectivity index (χ0n) is 20.1. The van der Waals surface area contributed by atoms with Crippen LogP contribution in [0, 0.1) is 5.92 Å². The van der Waals surface area contributed by atoms with E-state index in [9.17, 15) is 22.8 Å². The van der Waals surface area contributed by atoms with Crippen molar-refractivity contribution in [3.8, 4) is 0 Å². The second-order valence-electron chi connectivity index (χ2n) is 9.45. The van der Waals surface area contributed by atoms with Gasteiger partial charge in [-0.15, -0.1) is 0 Å². The first-order valence-electron chi connectivity index (χ1n) is 12.2. The van der Waals surface area contributed by atoms with Crippen molar-refractivity contribution in [3.05, 3.63) is 67.6 Å². The van der Waals surface area contributed by atoms with Crippen LogP contribution in [0.5, 0.6) is 0 Å². The number of carboxylic acid groups (broad SMARTS) is 1. The Balaban J connectivity index is 0.000000568. The normalized spacial score (nSPS) is 18.1. The monoisotopic (exact) mass is 560 g/mol. The van der Waals surface area contributed by atoms with Crippen LogP contribution in [0.4, 0.5) is 13.2 Å². The van der Waals surface area contributed by atoms with E-state index in [-0.39, 0.29) is 16.1 Å². The van der Waals surface area contributed by atoms with Gasteiger partial charge in [-0.05, 0) is 61.9 Å². The standard InChI is InChI=1S/C24H28Cl2N2O3.C2HF3O/c25-20-14-21(26)23(29)28(12-10-16-6-8-18(9-7-16)24(30)31)22(20)15-27-11-2-5-19(27)13-17-3-1-4-17;3-2(4,5)1-6/h6-9,14,17,19H,1-5,10-13,15H2,(H,30,31);1H/t19-;/m1./s1. The van der Waals surface area contributed by atoms with Crippen LogP contribution in [0.3, 0.4) is 0 Å². The summed E-state index contributed by atoms with van der Waals surface area (Å²) < 4.78 is 33.0. The van der Waals surface area contributed by atoms with Gasteiger partial charge in [0.25, 0.3) is 5.56 Å². The lowest BCUT2D eigenvalue weighted by Gasteiger charge is -2.33. The topological polar surface area (TPSA) is 79.6 Å². The number of hydrogen-bond acceptors (Lipinski definition) is 4. The molecule has 1 saturated carbocycles. The molecule has 1 saturated heterocycles. The fourth-order valence-corrected chi connectivity index (χ4v) is 5.30. The second-order valence-corrected chi connectivity index (χ2v) is 10.3. The molecule has 2 heterocycles. The summed E-state index contributed by atoms with van der Waals surface area (Å²) in [6.45, 7) is 2.13. The molecule has 1 aromatic heterocycles. The summed E-state index contributed by atoms with van der Waals surface area (Å²) >= 11 is 12.8. The largest absolute Gasteiger partial charge is 0.478 e. The predicted molar refractivity (Wildman–Crippen MR) is 135 cm³/mol. The Morgan fingerprint density at radius 1 is 1.08 bits per heavy atom. The number of hydrogen-bond donors (Lipinski definition) is 1. The van der Waals surface area contributed by atoms with E-state index < -0.39 is 18.4 Å². The molecule has 0 radical (unpaired) electrons. The maximum absolute atomic E-state index is 12.9. The van der Waals surface area contributed by atoms with Gasteiger partial charge in [0, 0.05) is 19.1 Å². The number of aromatic carboxylic acids is 1. The third-order valence-corrected chi connectivity index (χ3v) is 7.54. The minimum atomic E-state index is -4.64. The Bertz CT molecular complexity index is 1150. The van der Waals surface area contributed by atoms with Crippen molar-refractivity contribution >= 4 is 35.5 Å². The van der Waals surface area contributed by atoms with Crippen LogP contribution in [0.1, 0.15) is 60.1 Å². The Morgan fingerprint density at radius 3 is 2.27 bits per heavy atom. The molecular formula is C26H29Cl2F3N2O4. The lowest BCUT2D eigenvalue weighted by molar-refractivity contribution is -0.156. The molecule has 1 atom stereocenters. The van der Waals surface area contributed by atoms with Gasteiger partial charge in [-0.25, -0.2) is 4.79 Å². The van der Waals surface area contributed by atoms with Gasteiger partial charge in [0.2, 0.25) is 6.29 Å². The summed E-state index contributed by atoms with van der Waals surface area (Å²) in [5.41, 5.74) is 1.80. The van der Waals surface area contributed by atoms with Crippen LogP contribution in [0.2, 0.25) is 10.0 Å². The Kier molecular flexibility index (Phi) is 10.2. The smallest absolute Gasteiger partial charge is 0.446 e. The molecular weight excluding hydrogens is 532 g/mol. The van der Waals surface area contributed by atoms with E-state index in [1.807, 2.05) is 0 Å². The minimum Gasteiger partial charge on any atom is -0.478 e. The Hall–Kier alpha value is -2.36. The number of halogens is 5. The Morgan fingerprint density at radius 2 is 1.73 bits per heavy atom. The molecule has 0 spiro atoms. The number of alkyl halides is 3. The first-order valence-corrected chi connectivity index (χ1v) is 12.9. The third kappa shape index (κ3) is 8.32. The van der Waals surface area contributed by atoms with Crippen molar-refractivity contribution in [2.45, 2.75) is 70.3 Å². The number of aryl methyl sites for hydroxylation is 1. The van der Waals surface area contributed by atoms with E-state index in [0.29, 0.717) is 30.6 Å². The molecule has 6 nitrogen and oxygen atoms in total. The van der Waals surface area contributed by atoms with Gasteiger partial charge in [0.15, 0.2) is 0 Å². The maximum Gasteiger partial charge on any atom is 0.446 e. The second kappa shape index (κ2) is 12.9. The van der Waals surface area contributed by atoms with Gasteiger partial charge < -0.3 is 9.67 Å². The zero-order valence-corrected chi connectivity index (χ0v) is 21.7. The van der Waals surface area contributed by atoms with Crippen LogP contribution >= 0.6 is 23.2 Å². The number of carbonyl (C=O) groups excluding carboxylic acids is 1. The molecule has 1 N–H and O–H groups in total. The molecule has 37 heavy (non-hydrogen) atoms. The van der Waals surface area contributed by atoms with Gasteiger partial charge in [0.05, 0.1) is 16.3 Å². The predicted octanol–water partition coefficient (Wildman–Crippen LogP) is 6.00. The van der Waals surface area contributed by atoms with Crippen LogP contribution in [-0.2, 0) is 24.3 Å². The first kappa shape index (κ1) is 29.2. The molecule has 2 aromatic rings. The fourth-order valence-electron chi connectivity index (χ4n) is 4.76. The summed E-state index contributed by atoms with van der Waals surface area (Å²) in [6.07, 6.45) is 2.57. The number of carboxylic acids is 1.